The van der Waals surface area contributed by atoms with E-state index in [0.717, 1.165) is 56.7 Å². The van der Waals surface area contributed by atoms with Crippen molar-refractivity contribution >= 4 is 0 Å². The van der Waals surface area contributed by atoms with E-state index in [1.807, 2.05) is 42.6 Å². The van der Waals surface area contributed by atoms with Gasteiger partial charge in [0, 0.05) is 67.3 Å². The van der Waals surface area contributed by atoms with Crippen LogP contribution in [0.3, 0.4) is 0 Å². The number of aromatic nitrogens is 10. The number of pyridine rings is 1. The minimum atomic E-state index is -0.356. The minimum Gasteiger partial charge on any atom is -0.264 e. The van der Waals surface area contributed by atoms with Crippen LogP contribution in [0.1, 0.15) is 133 Å². The van der Waals surface area contributed by atoms with Crippen LogP contribution >= 0.6 is 0 Å². The Kier molecular flexibility index (Phi) is 10.3. The summed E-state index contributed by atoms with van der Waals surface area (Å²) in [6.07, 6.45) is 3.64. The summed E-state index contributed by atoms with van der Waals surface area (Å²) in [6.45, 7) is 31.8. The fourth-order valence-electron chi connectivity index (χ4n) is 5.68. The van der Waals surface area contributed by atoms with Gasteiger partial charge in [-0.25, -0.2) is 44.9 Å². The van der Waals surface area contributed by atoms with Gasteiger partial charge < -0.3 is 0 Å². The summed E-state index contributed by atoms with van der Waals surface area (Å²) in [5, 5.41) is 0. The molecule has 0 saturated heterocycles. The second-order valence-corrected chi connectivity index (χ2v) is 19.8. The molecule has 4 aromatic heterocycles. The van der Waals surface area contributed by atoms with Crippen LogP contribution in [0, 0.1) is 0 Å². The highest BCUT2D eigenvalue weighted by Crippen LogP contribution is 2.35. The molecule has 0 fully saturated rings. The van der Waals surface area contributed by atoms with E-state index < -0.39 is 0 Å². The van der Waals surface area contributed by atoms with Crippen molar-refractivity contribution in [2.45, 2.75) is 131 Å². The first kappa shape index (κ1) is 40.3. The molecule has 4 heterocycles. The number of hydrogen-bond acceptors (Lipinski definition) is 10. The van der Waals surface area contributed by atoms with Gasteiger partial charge in [-0.1, -0.05) is 134 Å². The highest BCUT2D eigenvalue weighted by atomic mass is 15.1. The Morgan fingerprint density at radius 3 is 0.946 bits per heavy atom. The Labute approximate surface area is 332 Å². The molecule has 10 heteroatoms. The molecular formula is C46H56N10. The third-order valence-electron chi connectivity index (χ3n) is 9.11. The fourth-order valence-corrected chi connectivity index (χ4v) is 5.68. The van der Waals surface area contributed by atoms with Crippen LogP contribution in [-0.4, -0.2) is 49.8 Å². The van der Waals surface area contributed by atoms with Crippen molar-refractivity contribution in [1.29, 1.82) is 0 Å². The Morgan fingerprint density at radius 1 is 0.304 bits per heavy atom. The van der Waals surface area contributed by atoms with E-state index in [9.17, 15) is 0 Å². The Balaban J connectivity index is 1.52. The largest absolute Gasteiger partial charge is 0.264 e. The monoisotopic (exact) mass is 748 g/mol. The Hall–Kier alpha value is -5.38. The topological polar surface area (TPSA) is 129 Å². The maximum atomic E-state index is 5.13. The van der Waals surface area contributed by atoms with Gasteiger partial charge in [0.1, 0.15) is 29.1 Å². The van der Waals surface area contributed by atoms with Crippen LogP contribution < -0.4 is 0 Å². The lowest BCUT2D eigenvalue weighted by molar-refractivity contribution is 0.497. The summed E-state index contributed by atoms with van der Waals surface area (Å²) in [7, 11) is 0. The average Bonchev–Trinajstić information content (AvgIpc) is 3.12. The van der Waals surface area contributed by atoms with Gasteiger partial charge in [0.25, 0.3) is 0 Å². The quantitative estimate of drug-likeness (QED) is 0.168. The number of hydrogen-bond donors (Lipinski definition) is 0. The SMILES string of the molecule is CC(C)(C)c1nc(-c2ccc(-c3nc(C(C)(C)C)nc(C(C)(C)C)n3)cc2)nc(-c2cc(-c3cccnc3)cc(-c3nc(C(C)(C)C)nc(C(C)(C)C)n3)c2)n1. The van der Waals surface area contributed by atoms with E-state index in [4.69, 9.17) is 44.9 Å². The molecule has 0 saturated carbocycles. The van der Waals surface area contributed by atoms with Crippen LogP contribution in [0.25, 0.3) is 56.7 Å². The highest BCUT2D eigenvalue weighted by molar-refractivity contribution is 5.78. The Bertz CT molecular complexity index is 2300. The molecule has 0 aliphatic rings. The van der Waals surface area contributed by atoms with Crippen molar-refractivity contribution in [3.63, 3.8) is 0 Å². The number of rotatable bonds is 5. The van der Waals surface area contributed by atoms with Gasteiger partial charge in [0.2, 0.25) is 0 Å². The van der Waals surface area contributed by atoms with Crippen LogP contribution in [0.5, 0.6) is 0 Å². The van der Waals surface area contributed by atoms with E-state index >= 15 is 0 Å². The van der Waals surface area contributed by atoms with Crippen LogP contribution in [0.4, 0.5) is 0 Å². The van der Waals surface area contributed by atoms with Crippen molar-refractivity contribution in [2.24, 2.45) is 0 Å². The van der Waals surface area contributed by atoms with Crippen molar-refractivity contribution in [1.82, 2.24) is 49.8 Å². The lowest BCUT2D eigenvalue weighted by Crippen LogP contribution is -2.24. The molecule has 0 radical (unpaired) electrons. The van der Waals surface area contributed by atoms with Gasteiger partial charge in [-0.3, -0.25) is 4.98 Å². The second-order valence-electron chi connectivity index (χ2n) is 19.8. The molecule has 0 aliphatic carbocycles. The molecule has 290 valence electrons. The lowest BCUT2D eigenvalue weighted by Gasteiger charge is -2.23. The number of nitrogens with zero attached hydrogens (tertiary/aromatic N) is 10. The van der Waals surface area contributed by atoms with Gasteiger partial charge in [-0.15, -0.1) is 0 Å². The summed E-state index contributed by atoms with van der Waals surface area (Å²) in [5.74, 6) is 6.07. The van der Waals surface area contributed by atoms with E-state index in [-0.39, 0.29) is 27.1 Å². The summed E-state index contributed by atoms with van der Waals surface area (Å²) in [6, 6.07) is 18.4. The van der Waals surface area contributed by atoms with Crippen molar-refractivity contribution in [3.8, 4) is 56.7 Å². The zero-order valence-electron chi connectivity index (χ0n) is 35.8. The predicted octanol–water partition coefficient (Wildman–Crippen LogP) is 10.5. The lowest BCUT2D eigenvalue weighted by atomic mass is 9.92. The van der Waals surface area contributed by atoms with Crippen LogP contribution in [0.2, 0.25) is 0 Å². The van der Waals surface area contributed by atoms with Crippen molar-refractivity contribution < 1.29 is 0 Å². The standard InChI is InChI=1S/C46H56N10/c1-42(2,3)37-49-33(27-18-20-28(21-19-27)34-50-38(43(4,5)6)55-39(51-34)44(7,8)9)48-35(52-37)31-23-30(29-17-16-22-47-26-29)24-32(25-31)36-53-40(45(10,11)12)56-41(54-36)46(13,14)15/h16-26H,1-15H3. The summed E-state index contributed by atoms with van der Waals surface area (Å²) < 4.78 is 0. The van der Waals surface area contributed by atoms with Gasteiger partial charge in [-0.2, -0.15) is 0 Å². The summed E-state index contributed by atoms with van der Waals surface area (Å²) >= 11 is 0. The first-order chi connectivity index (χ1) is 25.9. The number of benzene rings is 2. The van der Waals surface area contributed by atoms with E-state index in [1.54, 1.807) is 6.20 Å². The smallest absolute Gasteiger partial charge is 0.163 e. The van der Waals surface area contributed by atoms with E-state index in [1.165, 1.54) is 0 Å². The molecule has 0 bridgehead atoms. The van der Waals surface area contributed by atoms with Crippen LogP contribution in [0.15, 0.2) is 67.0 Å². The normalized spacial score (nSPS) is 12.9. The van der Waals surface area contributed by atoms with Gasteiger partial charge in [0.15, 0.2) is 23.3 Å². The summed E-state index contributed by atoms with van der Waals surface area (Å²) in [5.41, 5.74) is 3.93. The van der Waals surface area contributed by atoms with Gasteiger partial charge >= 0.3 is 0 Å². The first-order valence-electron chi connectivity index (χ1n) is 19.3. The molecule has 10 nitrogen and oxygen atoms in total. The molecule has 6 rings (SSSR count). The highest BCUT2D eigenvalue weighted by Gasteiger charge is 2.28. The average molecular weight is 749 g/mol. The fraction of sp³-hybridized carbons (Fsp3) is 0.435. The molecule has 2 aromatic carbocycles. The maximum absolute atomic E-state index is 5.13. The third-order valence-corrected chi connectivity index (χ3v) is 9.11. The molecule has 0 N–H and O–H groups in total. The molecular weight excluding hydrogens is 693 g/mol. The summed E-state index contributed by atoms with van der Waals surface area (Å²) in [4.78, 5) is 49.4. The zero-order chi connectivity index (χ0) is 41.0. The van der Waals surface area contributed by atoms with E-state index in [0.29, 0.717) is 29.1 Å². The molecule has 0 atom stereocenters. The second kappa shape index (κ2) is 14.3. The van der Waals surface area contributed by atoms with Gasteiger partial charge in [0.05, 0.1) is 0 Å². The third kappa shape index (κ3) is 9.01. The molecule has 0 aliphatic heterocycles. The molecule has 6 aromatic rings. The minimum absolute atomic E-state index is 0.232. The van der Waals surface area contributed by atoms with Crippen LogP contribution in [-0.2, 0) is 27.1 Å². The molecule has 0 spiro atoms. The van der Waals surface area contributed by atoms with E-state index in [2.05, 4.69) is 127 Å². The molecule has 0 amide bonds. The predicted molar refractivity (Wildman–Crippen MR) is 225 cm³/mol. The zero-order valence-corrected chi connectivity index (χ0v) is 35.8. The molecule has 56 heavy (non-hydrogen) atoms. The van der Waals surface area contributed by atoms with Crippen molar-refractivity contribution in [3.05, 3.63) is 96.1 Å². The maximum Gasteiger partial charge on any atom is 0.163 e. The Morgan fingerprint density at radius 2 is 0.607 bits per heavy atom. The van der Waals surface area contributed by atoms with Crippen molar-refractivity contribution in [2.75, 3.05) is 0 Å². The molecule has 0 unspecified atom stereocenters. The first-order valence-corrected chi connectivity index (χ1v) is 19.3. The van der Waals surface area contributed by atoms with Gasteiger partial charge in [-0.05, 0) is 29.8 Å².